The van der Waals surface area contributed by atoms with Crippen LogP contribution in [0.2, 0.25) is 0 Å². The van der Waals surface area contributed by atoms with E-state index in [2.05, 4.69) is 4.18 Å². The van der Waals surface area contributed by atoms with Crippen LogP contribution in [0.5, 0.6) is 11.5 Å². The molecule has 1 aromatic carbocycles. The van der Waals surface area contributed by atoms with Gasteiger partial charge in [-0.15, -0.1) is 0 Å². The van der Waals surface area contributed by atoms with Crippen LogP contribution in [-0.2, 0) is 10.1 Å². The first kappa shape index (κ1) is 17.1. The Kier molecular flexibility index (Phi) is 3.79. The molecular formula is C12H10F3NO6S. The molecule has 0 fully saturated rings. The van der Waals surface area contributed by atoms with Crippen molar-refractivity contribution < 1.29 is 35.4 Å². The zero-order chi connectivity index (χ0) is 17.6. The first-order valence-electron chi connectivity index (χ1n) is 6.04. The van der Waals surface area contributed by atoms with E-state index in [0.29, 0.717) is 0 Å². The second-order valence-corrected chi connectivity index (χ2v) is 6.67. The van der Waals surface area contributed by atoms with Gasteiger partial charge in [-0.05, 0) is 19.9 Å². The molecule has 0 bridgehead atoms. The fourth-order valence-corrected chi connectivity index (χ4v) is 2.23. The number of benzene rings is 1. The highest BCUT2D eigenvalue weighted by Crippen LogP contribution is 2.41. The van der Waals surface area contributed by atoms with E-state index >= 15 is 0 Å². The van der Waals surface area contributed by atoms with Crippen molar-refractivity contribution in [2.45, 2.75) is 25.0 Å². The number of rotatable bonds is 3. The van der Waals surface area contributed by atoms with Crippen molar-refractivity contribution in [1.82, 2.24) is 0 Å². The van der Waals surface area contributed by atoms with Crippen molar-refractivity contribution >= 4 is 21.9 Å². The molecule has 1 aliphatic heterocycles. The van der Waals surface area contributed by atoms with Gasteiger partial charge in [-0.1, -0.05) is 6.08 Å². The van der Waals surface area contributed by atoms with Crippen LogP contribution in [-0.4, -0.2) is 24.5 Å². The minimum Gasteiger partial charge on any atom is -0.483 e. The van der Waals surface area contributed by atoms with Crippen molar-refractivity contribution in [3.05, 3.63) is 33.9 Å². The summed E-state index contributed by atoms with van der Waals surface area (Å²) in [5.74, 6) is -1.10. The Balaban J connectivity index is 2.56. The molecule has 0 unspecified atom stereocenters. The molecule has 7 nitrogen and oxygen atoms in total. The molecule has 0 spiro atoms. The molecule has 0 atom stereocenters. The molecule has 1 aromatic rings. The molecular weight excluding hydrogens is 343 g/mol. The number of nitrogens with zero attached hydrogens (tertiary/aromatic N) is 1. The van der Waals surface area contributed by atoms with E-state index in [0.717, 1.165) is 12.1 Å². The van der Waals surface area contributed by atoms with E-state index in [1.165, 1.54) is 6.08 Å². The summed E-state index contributed by atoms with van der Waals surface area (Å²) < 4.78 is 68.6. The van der Waals surface area contributed by atoms with Gasteiger partial charge in [0.05, 0.1) is 4.92 Å². The van der Waals surface area contributed by atoms with Gasteiger partial charge >= 0.3 is 21.3 Å². The molecule has 0 aromatic heterocycles. The van der Waals surface area contributed by atoms with E-state index in [1.807, 2.05) is 0 Å². The Morgan fingerprint density at radius 2 is 1.91 bits per heavy atom. The Morgan fingerprint density at radius 3 is 2.43 bits per heavy atom. The number of alkyl halides is 3. The van der Waals surface area contributed by atoms with E-state index in [4.69, 9.17) is 4.74 Å². The lowest BCUT2D eigenvalue weighted by molar-refractivity contribution is -0.385. The van der Waals surface area contributed by atoms with Crippen molar-refractivity contribution in [2.75, 3.05) is 0 Å². The normalized spacial score (nSPS) is 16.4. The average Bonchev–Trinajstić information content (AvgIpc) is 2.34. The molecule has 0 saturated heterocycles. The van der Waals surface area contributed by atoms with Gasteiger partial charge in [-0.25, -0.2) is 0 Å². The SMILES string of the molecule is CC1(C)C=Cc2cc([N+](=O)[O-])c(OS(=O)(=O)C(F)(F)F)cc2O1. The molecule has 1 aliphatic rings. The number of halogens is 3. The second-order valence-electron chi connectivity index (χ2n) is 5.14. The summed E-state index contributed by atoms with van der Waals surface area (Å²) in [6.45, 7) is 3.28. The van der Waals surface area contributed by atoms with Gasteiger partial charge in [-0.2, -0.15) is 21.6 Å². The summed E-state index contributed by atoms with van der Waals surface area (Å²) in [6.07, 6.45) is 3.07. The van der Waals surface area contributed by atoms with Crippen LogP contribution in [0.25, 0.3) is 6.08 Å². The number of hydrogen-bond donors (Lipinski definition) is 0. The summed E-state index contributed by atoms with van der Waals surface area (Å²) >= 11 is 0. The average molecular weight is 353 g/mol. The Bertz CT molecular complexity index is 798. The largest absolute Gasteiger partial charge is 0.534 e. The fourth-order valence-electron chi connectivity index (χ4n) is 1.77. The van der Waals surface area contributed by atoms with Gasteiger partial charge in [0.15, 0.2) is 0 Å². The summed E-state index contributed by atoms with van der Waals surface area (Å²) in [5, 5.41) is 11.0. The van der Waals surface area contributed by atoms with Crippen LogP contribution in [0.4, 0.5) is 18.9 Å². The minimum atomic E-state index is -6.04. The first-order valence-corrected chi connectivity index (χ1v) is 7.45. The molecule has 23 heavy (non-hydrogen) atoms. The van der Waals surface area contributed by atoms with Crippen LogP contribution in [0, 0.1) is 10.1 Å². The summed E-state index contributed by atoms with van der Waals surface area (Å²) in [5.41, 5.74) is -7.24. The third-order valence-corrected chi connectivity index (χ3v) is 3.77. The molecule has 0 saturated carbocycles. The van der Waals surface area contributed by atoms with Crippen molar-refractivity contribution in [1.29, 1.82) is 0 Å². The van der Waals surface area contributed by atoms with Crippen LogP contribution in [0.15, 0.2) is 18.2 Å². The molecule has 1 heterocycles. The lowest BCUT2D eigenvalue weighted by atomic mass is 10.0. The van der Waals surface area contributed by atoms with Crippen molar-refractivity contribution in [3.8, 4) is 11.5 Å². The smallest absolute Gasteiger partial charge is 0.483 e. The van der Waals surface area contributed by atoms with Crippen molar-refractivity contribution in [3.63, 3.8) is 0 Å². The van der Waals surface area contributed by atoms with Crippen LogP contribution in [0.3, 0.4) is 0 Å². The van der Waals surface area contributed by atoms with E-state index < -0.39 is 37.6 Å². The predicted octanol–water partition coefficient (Wildman–Crippen LogP) is 3.01. The van der Waals surface area contributed by atoms with Gasteiger partial charge in [-0.3, -0.25) is 10.1 Å². The molecule has 11 heteroatoms. The van der Waals surface area contributed by atoms with Gasteiger partial charge in [0.1, 0.15) is 11.4 Å². The van der Waals surface area contributed by atoms with E-state index in [1.54, 1.807) is 19.9 Å². The maximum Gasteiger partial charge on any atom is 0.534 e. The quantitative estimate of drug-likeness (QED) is 0.359. The highest BCUT2D eigenvalue weighted by atomic mass is 32.2. The van der Waals surface area contributed by atoms with Crippen LogP contribution < -0.4 is 8.92 Å². The number of ether oxygens (including phenoxy) is 1. The number of nitro groups is 1. The highest BCUT2D eigenvalue weighted by molar-refractivity contribution is 7.88. The number of nitro benzene ring substituents is 1. The van der Waals surface area contributed by atoms with E-state index in [-0.39, 0.29) is 11.3 Å². The first-order chi connectivity index (χ1) is 10.3. The summed E-state index contributed by atoms with van der Waals surface area (Å²) in [7, 11) is -6.04. The topological polar surface area (TPSA) is 95.7 Å². The zero-order valence-electron chi connectivity index (χ0n) is 11.7. The monoisotopic (exact) mass is 353 g/mol. The second kappa shape index (κ2) is 5.11. The molecule has 2 rings (SSSR count). The third-order valence-electron chi connectivity index (χ3n) is 2.81. The Morgan fingerprint density at radius 1 is 1.30 bits per heavy atom. The standard InChI is InChI=1S/C12H10F3NO6S/c1-11(2)4-3-7-5-8(16(17)18)10(6-9(7)21-11)22-23(19,20)12(13,14)15/h3-6H,1-2H3. The Hall–Kier alpha value is -2.30. The zero-order valence-corrected chi connectivity index (χ0v) is 12.6. The van der Waals surface area contributed by atoms with Crippen LogP contribution in [0.1, 0.15) is 19.4 Å². The molecule has 0 N–H and O–H groups in total. The van der Waals surface area contributed by atoms with Crippen LogP contribution >= 0.6 is 0 Å². The minimum absolute atomic E-state index is 0.0320. The Labute approximate surface area is 128 Å². The molecule has 0 radical (unpaired) electrons. The highest BCUT2D eigenvalue weighted by Gasteiger charge is 2.49. The summed E-state index contributed by atoms with van der Waals surface area (Å²) in [6, 6.07) is 1.63. The van der Waals surface area contributed by atoms with Gasteiger partial charge in [0.2, 0.25) is 5.75 Å². The molecule has 126 valence electrons. The number of hydrogen-bond acceptors (Lipinski definition) is 6. The van der Waals surface area contributed by atoms with Gasteiger partial charge < -0.3 is 8.92 Å². The van der Waals surface area contributed by atoms with Gasteiger partial charge in [0, 0.05) is 17.7 Å². The molecule has 0 amide bonds. The maximum atomic E-state index is 12.4. The number of fused-ring (bicyclic) bond motifs is 1. The van der Waals surface area contributed by atoms with Gasteiger partial charge in [0.25, 0.3) is 0 Å². The lowest BCUT2D eigenvalue weighted by Crippen LogP contribution is -2.29. The third kappa shape index (κ3) is 3.38. The van der Waals surface area contributed by atoms with E-state index in [9.17, 15) is 31.7 Å². The molecule has 0 aliphatic carbocycles. The summed E-state index contributed by atoms with van der Waals surface area (Å²) in [4.78, 5) is 9.91. The fraction of sp³-hybridized carbons (Fsp3) is 0.333. The maximum absolute atomic E-state index is 12.4. The van der Waals surface area contributed by atoms with Crippen molar-refractivity contribution in [2.24, 2.45) is 0 Å². The predicted molar refractivity (Wildman–Crippen MR) is 72.4 cm³/mol. The lowest BCUT2D eigenvalue weighted by Gasteiger charge is -2.27.